The van der Waals surface area contributed by atoms with Gasteiger partial charge in [-0.15, -0.1) is 0 Å². The summed E-state index contributed by atoms with van der Waals surface area (Å²) in [6.45, 7) is 6.75. The molecule has 1 atom stereocenters. The van der Waals surface area contributed by atoms with Gasteiger partial charge in [-0.3, -0.25) is 0 Å². The van der Waals surface area contributed by atoms with E-state index in [0.717, 1.165) is 32.7 Å². The van der Waals surface area contributed by atoms with E-state index in [1.807, 2.05) is 0 Å². The molecule has 1 unspecified atom stereocenters. The molecule has 0 bridgehead atoms. The van der Waals surface area contributed by atoms with Gasteiger partial charge >= 0.3 is 0 Å². The molecule has 0 aromatic rings. The fourth-order valence-electron chi connectivity index (χ4n) is 1.17. The molecular formula is C9H19NO2. The summed E-state index contributed by atoms with van der Waals surface area (Å²) in [4.78, 5) is 5.30. The second-order valence-corrected chi connectivity index (χ2v) is 3.74. The average Bonchev–Trinajstić information content (AvgIpc) is 2.05. The Bertz CT molecular complexity index is 111. The van der Waals surface area contributed by atoms with Gasteiger partial charge in [0.15, 0.2) is 0 Å². The Kier molecular flexibility index (Phi) is 4.58. The van der Waals surface area contributed by atoms with E-state index in [4.69, 9.17) is 9.57 Å². The molecule has 0 aliphatic carbocycles. The Morgan fingerprint density at radius 1 is 1.58 bits per heavy atom. The molecule has 72 valence electrons. The van der Waals surface area contributed by atoms with Crippen LogP contribution in [0.5, 0.6) is 0 Å². The summed E-state index contributed by atoms with van der Waals surface area (Å²) in [5, 5.41) is 0. The number of rotatable bonds is 4. The molecule has 1 heterocycles. The zero-order valence-electron chi connectivity index (χ0n) is 8.01. The Hall–Kier alpha value is -0.120. The predicted molar refractivity (Wildman–Crippen MR) is 47.8 cm³/mol. The minimum absolute atomic E-state index is 0.400. The third-order valence-electron chi connectivity index (χ3n) is 1.83. The van der Waals surface area contributed by atoms with Crippen molar-refractivity contribution in [3.05, 3.63) is 0 Å². The van der Waals surface area contributed by atoms with Crippen LogP contribution in [0.4, 0.5) is 0 Å². The molecule has 0 spiro atoms. The van der Waals surface area contributed by atoms with Crippen LogP contribution in [0.3, 0.4) is 0 Å². The van der Waals surface area contributed by atoms with Crippen LogP contribution in [-0.2, 0) is 9.57 Å². The summed E-state index contributed by atoms with van der Waals surface area (Å²) < 4.78 is 5.30. The van der Waals surface area contributed by atoms with Crippen molar-refractivity contribution in [2.24, 2.45) is 5.92 Å². The van der Waals surface area contributed by atoms with E-state index in [9.17, 15) is 0 Å². The van der Waals surface area contributed by atoms with Gasteiger partial charge in [-0.05, 0) is 18.8 Å². The Morgan fingerprint density at radius 3 is 3.00 bits per heavy atom. The van der Waals surface area contributed by atoms with E-state index in [-0.39, 0.29) is 0 Å². The fourth-order valence-corrected chi connectivity index (χ4v) is 1.17. The Morgan fingerprint density at radius 2 is 2.42 bits per heavy atom. The SMILES string of the molecule is CC(C)CONC1CCCOC1. The molecule has 12 heavy (non-hydrogen) atoms. The summed E-state index contributed by atoms with van der Waals surface area (Å²) in [6.07, 6.45) is 2.31. The van der Waals surface area contributed by atoms with Gasteiger partial charge in [0.2, 0.25) is 0 Å². The molecule has 1 aliphatic rings. The second kappa shape index (κ2) is 5.51. The molecule has 3 nitrogen and oxygen atoms in total. The van der Waals surface area contributed by atoms with E-state index in [1.165, 1.54) is 0 Å². The Labute approximate surface area is 74.4 Å². The molecule has 0 amide bonds. The van der Waals surface area contributed by atoms with Gasteiger partial charge in [0.05, 0.1) is 19.3 Å². The first-order valence-corrected chi connectivity index (χ1v) is 4.74. The molecule has 1 aliphatic heterocycles. The second-order valence-electron chi connectivity index (χ2n) is 3.74. The van der Waals surface area contributed by atoms with Crippen molar-refractivity contribution in [2.75, 3.05) is 19.8 Å². The Balaban J connectivity index is 1.98. The van der Waals surface area contributed by atoms with Gasteiger partial charge in [0.1, 0.15) is 0 Å². The minimum Gasteiger partial charge on any atom is -0.380 e. The summed E-state index contributed by atoms with van der Waals surface area (Å²) in [5.41, 5.74) is 3.03. The van der Waals surface area contributed by atoms with Crippen molar-refractivity contribution in [1.29, 1.82) is 0 Å². The normalized spacial score (nSPS) is 24.8. The summed E-state index contributed by atoms with van der Waals surface area (Å²) in [6, 6.07) is 0.400. The monoisotopic (exact) mass is 173 g/mol. The highest BCUT2D eigenvalue weighted by Gasteiger charge is 2.13. The van der Waals surface area contributed by atoms with Gasteiger partial charge in [-0.2, -0.15) is 5.48 Å². The van der Waals surface area contributed by atoms with Crippen LogP contribution in [0, 0.1) is 5.92 Å². The lowest BCUT2D eigenvalue weighted by atomic mass is 10.1. The topological polar surface area (TPSA) is 30.5 Å². The third-order valence-corrected chi connectivity index (χ3v) is 1.83. The molecule has 1 rings (SSSR count). The number of hydrogen-bond donors (Lipinski definition) is 1. The molecular weight excluding hydrogens is 154 g/mol. The smallest absolute Gasteiger partial charge is 0.0705 e. The highest BCUT2D eigenvalue weighted by molar-refractivity contribution is 4.65. The third kappa shape index (κ3) is 4.04. The number of nitrogens with one attached hydrogen (secondary N) is 1. The average molecular weight is 173 g/mol. The van der Waals surface area contributed by atoms with E-state index in [2.05, 4.69) is 19.3 Å². The fraction of sp³-hybridized carbons (Fsp3) is 1.00. The van der Waals surface area contributed by atoms with Crippen molar-refractivity contribution >= 4 is 0 Å². The molecule has 1 saturated heterocycles. The standard InChI is InChI=1S/C9H19NO2/c1-8(2)6-12-10-9-4-3-5-11-7-9/h8-10H,3-7H2,1-2H3. The lowest BCUT2D eigenvalue weighted by Crippen LogP contribution is -2.37. The summed E-state index contributed by atoms with van der Waals surface area (Å²) >= 11 is 0. The quantitative estimate of drug-likeness (QED) is 0.651. The van der Waals surface area contributed by atoms with Crippen LogP contribution in [-0.4, -0.2) is 25.9 Å². The van der Waals surface area contributed by atoms with Gasteiger partial charge < -0.3 is 9.57 Å². The molecule has 3 heteroatoms. The molecule has 0 aromatic carbocycles. The highest BCUT2D eigenvalue weighted by Crippen LogP contribution is 2.05. The lowest BCUT2D eigenvalue weighted by molar-refractivity contribution is -0.0406. The number of ether oxygens (including phenoxy) is 1. The molecule has 1 fully saturated rings. The van der Waals surface area contributed by atoms with Crippen molar-refractivity contribution < 1.29 is 9.57 Å². The predicted octanol–water partition coefficient (Wildman–Crippen LogP) is 1.34. The molecule has 1 N–H and O–H groups in total. The first kappa shape index (κ1) is 9.96. The zero-order chi connectivity index (χ0) is 8.81. The van der Waals surface area contributed by atoms with Crippen LogP contribution in [0.1, 0.15) is 26.7 Å². The number of hydroxylamine groups is 1. The van der Waals surface area contributed by atoms with Gasteiger partial charge in [0, 0.05) is 6.61 Å². The van der Waals surface area contributed by atoms with Crippen molar-refractivity contribution in [1.82, 2.24) is 5.48 Å². The first-order chi connectivity index (χ1) is 5.79. The highest BCUT2D eigenvalue weighted by atomic mass is 16.6. The molecule has 0 aromatic heterocycles. The van der Waals surface area contributed by atoms with Gasteiger partial charge in [-0.1, -0.05) is 13.8 Å². The largest absolute Gasteiger partial charge is 0.380 e. The minimum atomic E-state index is 0.400. The zero-order valence-corrected chi connectivity index (χ0v) is 8.01. The lowest BCUT2D eigenvalue weighted by Gasteiger charge is -2.23. The van der Waals surface area contributed by atoms with Crippen LogP contribution < -0.4 is 5.48 Å². The van der Waals surface area contributed by atoms with Crippen LogP contribution in [0.2, 0.25) is 0 Å². The van der Waals surface area contributed by atoms with Gasteiger partial charge in [-0.25, -0.2) is 0 Å². The van der Waals surface area contributed by atoms with E-state index in [0.29, 0.717) is 12.0 Å². The van der Waals surface area contributed by atoms with Crippen LogP contribution in [0.25, 0.3) is 0 Å². The van der Waals surface area contributed by atoms with E-state index in [1.54, 1.807) is 0 Å². The van der Waals surface area contributed by atoms with Crippen molar-refractivity contribution in [3.8, 4) is 0 Å². The number of hydrogen-bond acceptors (Lipinski definition) is 3. The molecule has 0 radical (unpaired) electrons. The first-order valence-electron chi connectivity index (χ1n) is 4.74. The van der Waals surface area contributed by atoms with Crippen LogP contribution in [0.15, 0.2) is 0 Å². The van der Waals surface area contributed by atoms with Crippen molar-refractivity contribution in [2.45, 2.75) is 32.7 Å². The maximum absolute atomic E-state index is 5.30. The molecule has 0 saturated carbocycles. The van der Waals surface area contributed by atoms with Crippen molar-refractivity contribution in [3.63, 3.8) is 0 Å². The van der Waals surface area contributed by atoms with Gasteiger partial charge in [0.25, 0.3) is 0 Å². The maximum atomic E-state index is 5.30. The van der Waals surface area contributed by atoms with E-state index >= 15 is 0 Å². The summed E-state index contributed by atoms with van der Waals surface area (Å²) in [7, 11) is 0. The van der Waals surface area contributed by atoms with Crippen LogP contribution >= 0.6 is 0 Å². The summed E-state index contributed by atoms with van der Waals surface area (Å²) in [5.74, 6) is 0.585. The maximum Gasteiger partial charge on any atom is 0.0705 e. The van der Waals surface area contributed by atoms with E-state index < -0.39 is 0 Å².